The van der Waals surface area contributed by atoms with Crippen molar-refractivity contribution in [2.24, 2.45) is 0 Å². The molecule has 0 radical (unpaired) electrons. The van der Waals surface area contributed by atoms with Crippen LogP contribution in [-0.4, -0.2) is 21.6 Å². The first-order valence-corrected chi connectivity index (χ1v) is 6.34. The molecule has 0 saturated heterocycles. The average molecular weight is 271 g/mol. The number of nitrogens with zero attached hydrogens (tertiary/aromatic N) is 2. The van der Waals surface area contributed by atoms with Crippen LogP contribution in [0, 0.1) is 4.77 Å². The molecule has 1 N–H and O–H groups in total. The van der Waals surface area contributed by atoms with Crippen LogP contribution in [0.2, 0.25) is 0 Å². The highest BCUT2D eigenvalue weighted by Crippen LogP contribution is 2.21. The van der Waals surface area contributed by atoms with Gasteiger partial charge >= 0.3 is 0 Å². The number of ether oxygens (including phenoxy) is 1. The van der Waals surface area contributed by atoms with E-state index in [1.807, 2.05) is 41.1 Å². The molecule has 0 aliphatic heterocycles. The largest absolute Gasteiger partial charge is 0.497 e. The zero-order valence-corrected chi connectivity index (χ0v) is 11.3. The molecule has 0 bridgehead atoms. The number of methoxy groups -OCH3 is 1. The molecule has 0 fully saturated rings. The van der Waals surface area contributed by atoms with E-state index in [0.29, 0.717) is 11.3 Å². The molecule has 0 unspecified atom stereocenters. The predicted octanol–water partition coefficient (Wildman–Crippen LogP) is 3.15. The molecule has 0 spiro atoms. The zero-order chi connectivity index (χ0) is 13.2. The van der Waals surface area contributed by atoms with Gasteiger partial charge in [-0.15, -0.1) is 0 Å². The van der Waals surface area contributed by atoms with Gasteiger partial charge in [0.2, 0.25) is 0 Å². The van der Waals surface area contributed by atoms with Crippen molar-refractivity contribution in [2.75, 3.05) is 7.11 Å². The van der Waals surface area contributed by atoms with Gasteiger partial charge < -0.3 is 14.3 Å². The fourth-order valence-corrected chi connectivity index (χ4v) is 2.36. The van der Waals surface area contributed by atoms with Gasteiger partial charge in [-0.1, -0.05) is 6.07 Å². The van der Waals surface area contributed by atoms with Crippen LogP contribution in [0.1, 0.15) is 5.56 Å². The van der Waals surface area contributed by atoms with Crippen molar-refractivity contribution in [2.45, 2.75) is 6.54 Å². The Morgan fingerprint density at radius 3 is 3.00 bits per heavy atom. The molecule has 0 amide bonds. The van der Waals surface area contributed by atoms with Crippen molar-refractivity contribution in [1.29, 1.82) is 0 Å². The van der Waals surface area contributed by atoms with Gasteiger partial charge in [-0.05, 0) is 36.0 Å². The first-order valence-electron chi connectivity index (χ1n) is 5.93. The Hall–Kier alpha value is -2.14. The molecule has 0 aliphatic rings. The van der Waals surface area contributed by atoms with Gasteiger partial charge in [-0.2, -0.15) is 0 Å². The number of aromatic nitrogens is 3. The summed E-state index contributed by atoms with van der Waals surface area (Å²) >= 11 is 5.38. The highest BCUT2D eigenvalue weighted by molar-refractivity contribution is 7.71. The summed E-state index contributed by atoms with van der Waals surface area (Å²) in [4.78, 5) is 7.33. The Bertz CT molecular complexity index is 761. The summed E-state index contributed by atoms with van der Waals surface area (Å²) in [6.07, 6.45) is 3.61. The second-order valence-corrected chi connectivity index (χ2v) is 4.65. The maximum absolute atomic E-state index is 5.38. The minimum Gasteiger partial charge on any atom is -0.497 e. The predicted molar refractivity (Wildman–Crippen MR) is 77.0 cm³/mol. The Balaban J connectivity index is 2.12. The SMILES string of the molecule is COc1ccc2[nH]c(=S)n(Cc3cccnc3)c2c1. The lowest BCUT2D eigenvalue weighted by atomic mass is 10.2. The van der Waals surface area contributed by atoms with Crippen LogP contribution in [0.3, 0.4) is 0 Å². The van der Waals surface area contributed by atoms with E-state index in [9.17, 15) is 0 Å². The van der Waals surface area contributed by atoms with Crippen LogP contribution in [0.5, 0.6) is 5.75 Å². The molecule has 19 heavy (non-hydrogen) atoms. The summed E-state index contributed by atoms with van der Waals surface area (Å²) in [5.41, 5.74) is 3.16. The maximum atomic E-state index is 5.38. The van der Waals surface area contributed by atoms with E-state index in [0.717, 1.165) is 22.3 Å². The Labute approximate surface area is 115 Å². The molecule has 2 heterocycles. The molecule has 2 aromatic heterocycles. The van der Waals surface area contributed by atoms with E-state index < -0.39 is 0 Å². The highest BCUT2D eigenvalue weighted by Gasteiger charge is 2.06. The van der Waals surface area contributed by atoms with E-state index in [4.69, 9.17) is 17.0 Å². The van der Waals surface area contributed by atoms with Gasteiger partial charge in [0.1, 0.15) is 5.75 Å². The third-order valence-corrected chi connectivity index (χ3v) is 3.37. The number of hydrogen-bond acceptors (Lipinski definition) is 3. The minimum absolute atomic E-state index is 0.694. The van der Waals surface area contributed by atoms with Crippen molar-refractivity contribution in [1.82, 2.24) is 14.5 Å². The molecule has 0 aliphatic carbocycles. The maximum Gasteiger partial charge on any atom is 0.178 e. The molecule has 3 aromatic rings. The number of hydrogen-bond donors (Lipinski definition) is 1. The number of H-pyrrole nitrogens is 1. The van der Waals surface area contributed by atoms with Crippen LogP contribution < -0.4 is 4.74 Å². The van der Waals surface area contributed by atoms with Crippen LogP contribution in [0.15, 0.2) is 42.7 Å². The summed E-state index contributed by atoms with van der Waals surface area (Å²) in [5.74, 6) is 0.821. The third-order valence-electron chi connectivity index (χ3n) is 3.05. The standard InChI is InChI=1S/C14H13N3OS/c1-18-11-4-5-12-13(7-11)17(14(19)16-12)9-10-3-2-6-15-8-10/h2-8H,9H2,1H3,(H,16,19). The first-order chi connectivity index (χ1) is 9.28. The zero-order valence-electron chi connectivity index (χ0n) is 10.5. The topological polar surface area (TPSA) is 42.8 Å². The van der Waals surface area contributed by atoms with Gasteiger partial charge in [0.25, 0.3) is 0 Å². The number of aromatic amines is 1. The number of imidazole rings is 1. The molecule has 4 nitrogen and oxygen atoms in total. The van der Waals surface area contributed by atoms with Crippen molar-refractivity contribution in [3.8, 4) is 5.75 Å². The quantitative estimate of drug-likeness (QED) is 0.744. The van der Waals surface area contributed by atoms with Crippen molar-refractivity contribution in [3.05, 3.63) is 53.1 Å². The fourth-order valence-electron chi connectivity index (χ4n) is 2.09. The number of benzene rings is 1. The van der Waals surface area contributed by atoms with Crippen LogP contribution in [-0.2, 0) is 6.54 Å². The summed E-state index contributed by atoms with van der Waals surface area (Å²) in [6, 6.07) is 9.84. The first kappa shape index (κ1) is 11.9. The fraction of sp³-hybridized carbons (Fsp3) is 0.143. The molecule has 3 rings (SSSR count). The van der Waals surface area contributed by atoms with Crippen LogP contribution in [0.25, 0.3) is 11.0 Å². The van der Waals surface area contributed by atoms with Crippen LogP contribution in [0.4, 0.5) is 0 Å². The molecule has 0 atom stereocenters. The lowest BCUT2D eigenvalue weighted by Gasteiger charge is -2.05. The van der Waals surface area contributed by atoms with Crippen LogP contribution >= 0.6 is 12.2 Å². The number of rotatable bonds is 3. The number of nitrogens with one attached hydrogen (secondary N) is 1. The molecular formula is C14H13N3OS. The average Bonchev–Trinajstić information content (AvgIpc) is 2.76. The molecule has 0 saturated carbocycles. The second kappa shape index (κ2) is 4.85. The summed E-state index contributed by atoms with van der Waals surface area (Å²) < 4.78 is 8.01. The lowest BCUT2D eigenvalue weighted by Crippen LogP contribution is -2.00. The third kappa shape index (κ3) is 2.24. The molecular weight excluding hydrogens is 258 g/mol. The minimum atomic E-state index is 0.694. The summed E-state index contributed by atoms with van der Waals surface area (Å²) in [7, 11) is 1.66. The Morgan fingerprint density at radius 2 is 2.26 bits per heavy atom. The van der Waals surface area contributed by atoms with E-state index >= 15 is 0 Å². The summed E-state index contributed by atoms with van der Waals surface area (Å²) in [5, 5.41) is 0. The number of pyridine rings is 1. The van der Waals surface area contributed by atoms with Gasteiger partial charge in [-0.3, -0.25) is 4.98 Å². The number of fused-ring (bicyclic) bond motifs is 1. The van der Waals surface area contributed by atoms with E-state index in [1.165, 1.54) is 0 Å². The monoisotopic (exact) mass is 271 g/mol. The van der Waals surface area contributed by atoms with Crippen molar-refractivity contribution in [3.63, 3.8) is 0 Å². The lowest BCUT2D eigenvalue weighted by molar-refractivity contribution is 0.415. The van der Waals surface area contributed by atoms with E-state index in [2.05, 4.69) is 9.97 Å². The van der Waals surface area contributed by atoms with Crippen molar-refractivity contribution < 1.29 is 4.74 Å². The van der Waals surface area contributed by atoms with Crippen molar-refractivity contribution >= 4 is 23.3 Å². The van der Waals surface area contributed by atoms with E-state index in [-0.39, 0.29) is 0 Å². The van der Waals surface area contributed by atoms with Gasteiger partial charge in [-0.25, -0.2) is 0 Å². The molecule has 96 valence electrons. The van der Waals surface area contributed by atoms with Gasteiger partial charge in [0, 0.05) is 18.5 Å². The Kier molecular flexibility index (Phi) is 3.05. The van der Waals surface area contributed by atoms with Gasteiger partial charge in [0.15, 0.2) is 4.77 Å². The smallest absolute Gasteiger partial charge is 0.178 e. The summed E-state index contributed by atoms with van der Waals surface area (Å²) in [6.45, 7) is 0.694. The Morgan fingerprint density at radius 1 is 1.37 bits per heavy atom. The molecule has 5 heteroatoms. The highest BCUT2D eigenvalue weighted by atomic mass is 32.1. The van der Waals surface area contributed by atoms with E-state index in [1.54, 1.807) is 13.3 Å². The molecule has 1 aromatic carbocycles. The van der Waals surface area contributed by atoms with Gasteiger partial charge in [0.05, 0.1) is 24.7 Å². The second-order valence-electron chi connectivity index (χ2n) is 4.26. The normalized spacial score (nSPS) is 10.8.